The molecule has 0 saturated carbocycles. The van der Waals surface area contributed by atoms with E-state index in [0.717, 1.165) is 0 Å². The Bertz CT molecular complexity index is 260. The minimum absolute atomic E-state index is 0.190. The molecular weight excluding hydrogens is 155 g/mol. The monoisotopic (exact) mass is 161 g/mol. The van der Waals surface area contributed by atoms with Gasteiger partial charge in [0.05, 0.1) is 0 Å². The van der Waals surface area contributed by atoms with Crippen LogP contribution < -0.4 is 0 Å². The molecule has 0 N–H and O–H groups in total. The molecule has 1 aromatic rings. The lowest BCUT2D eigenvalue weighted by Gasteiger charge is -2.01. The second-order valence-corrected chi connectivity index (χ2v) is 2.13. The van der Waals surface area contributed by atoms with Crippen LogP contribution >= 0.6 is 0 Å². The maximum Gasteiger partial charge on any atom is 0.283 e. The Hall–Kier alpha value is -1.06. The number of aromatic nitrogens is 1. The van der Waals surface area contributed by atoms with E-state index in [0.29, 0.717) is 0 Å². The zero-order chi connectivity index (χ0) is 8.43. The van der Waals surface area contributed by atoms with Gasteiger partial charge in [-0.15, -0.1) is 0 Å². The van der Waals surface area contributed by atoms with E-state index in [1.807, 2.05) is 0 Å². The zero-order valence-corrected chi connectivity index (χ0v) is 5.81. The van der Waals surface area contributed by atoms with E-state index in [-0.39, 0.29) is 5.56 Å². The first-order valence-corrected chi connectivity index (χ1v) is 3.02. The highest BCUT2D eigenvalue weighted by Gasteiger charge is 2.15. The standard InChI is InChI=1S/C7H6F3N/c1-4-2-3-11-6(5(4)8)7(9)10/h2-3,7H,1H3. The normalized spacial score (nSPS) is 10.6. The molecule has 0 atom stereocenters. The maximum absolute atomic E-state index is 12.7. The maximum atomic E-state index is 12.7. The van der Waals surface area contributed by atoms with Gasteiger partial charge in [-0.05, 0) is 18.6 Å². The summed E-state index contributed by atoms with van der Waals surface area (Å²) in [7, 11) is 0. The fourth-order valence-corrected chi connectivity index (χ4v) is 0.713. The number of alkyl halides is 2. The molecule has 4 heteroatoms. The summed E-state index contributed by atoms with van der Waals surface area (Å²) in [6.45, 7) is 1.42. The molecular formula is C7H6F3N. The highest BCUT2D eigenvalue weighted by atomic mass is 19.3. The summed E-state index contributed by atoms with van der Waals surface area (Å²) in [5.41, 5.74) is -0.583. The van der Waals surface area contributed by atoms with Crippen LogP contribution in [0, 0.1) is 12.7 Å². The molecule has 1 aromatic heterocycles. The Balaban J connectivity index is 3.17. The van der Waals surface area contributed by atoms with Crippen LogP contribution in [-0.4, -0.2) is 4.98 Å². The lowest BCUT2D eigenvalue weighted by Crippen LogP contribution is -1.96. The van der Waals surface area contributed by atoms with Crippen molar-refractivity contribution in [3.05, 3.63) is 29.3 Å². The van der Waals surface area contributed by atoms with Crippen molar-refractivity contribution in [2.45, 2.75) is 13.3 Å². The van der Waals surface area contributed by atoms with Crippen LogP contribution in [0.15, 0.2) is 12.3 Å². The molecule has 1 nitrogen and oxygen atoms in total. The van der Waals surface area contributed by atoms with E-state index < -0.39 is 17.9 Å². The topological polar surface area (TPSA) is 12.9 Å². The smallest absolute Gasteiger partial charge is 0.252 e. The van der Waals surface area contributed by atoms with Crippen molar-refractivity contribution in [3.8, 4) is 0 Å². The quantitative estimate of drug-likeness (QED) is 0.616. The molecule has 60 valence electrons. The molecule has 0 bridgehead atoms. The Morgan fingerprint density at radius 1 is 1.45 bits per heavy atom. The van der Waals surface area contributed by atoms with Crippen molar-refractivity contribution < 1.29 is 13.2 Å². The molecule has 1 heterocycles. The van der Waals surface area contributed by atoms with Gasteiger partial charge in [-0.3, -0.25) is 4.98 Å². The lowest BCUT2D eigenvalue weighted by molar-refractivity contribution is 0.140. The van der Waals surface area contributed by atoms with Gasteiger partial charge in [0, 0.05) is 6.20 Å². The summed E-state index contributed by atoms with van der Waals surface area (Å²) in [6.07, 6.45) is -1.67. The van der Waals surface area contributed by atoms with Gasteiger partial charge >= 0.3 is 0 Å². The molecule has 1 rings (SSSR count). The predicted molar refractivity (Wildman–Crippen MR) is 33.9 cm³/mol. The van der Waals surface area contributed by atoms with Crippen LogP contribution in [-0.2, 0) is 0 Å². The summed E-state index contributed by atoms with van der Waals surface area (Å²) in [5.74, 6) is -0.914. The van der Waals surface area contributed by atoms with Gasteiger partial charge in [0.25, 0.3) is 6.43 Å². The summed E-state index contributed by atoms with van der Waals surface area (Å²) >= 11 is 0. The highest BCUT2D eigenvalue weighted by molar-refractivity contribution is 5.18. The number of aryl methyl sites for hydroxylation is 1. The molecule has 0 amide bonds. The third-order valence-electron chi connectivity index (χ3n) is 1.32. The summed E-state index contributed by atoms with van der Waals surface area (Å²) in [4.78, 5) is 3.21. The van der Waals surface area contributed by atoms with E-state index in [2.05, 4.69) is 4.98 Å². The van der Waals surface area contributed by atoms with Gasteiger partial charge in [0.15, 0.2) is 5.82 Å². The first-order chi connectivity index (χ1) is 5.13. The number of nitrogens with zero attached hydrogens (tertiary/aromatic N) is 1. The second-order valence-electron chi connectivity index (χ2n) is 2.13. The van der Waals surface area contributed by atoms with Gasteiger partial charge in [0.1, 0.15) is 5.69 Å². The molecule has 0 spiro atoms. The largest absolute Gasteiger partial charge is 0.283 e. The van der Waals surface area contributed by atoms with Gasteiger partial charge < -0.3 is 0 Å². The first-order valence-electron chi connectivity index (χ1n) is 3.02. The Kier molecular flexibility index (Phi) is 2.12. The van der Waals surface area contributed by atoms with Gasteiger partial charge in [0.2, 0.25) is 0 Å². The molecule has 0 saturated heterocycles. The van der Waals surface area contributed by atoms with Crippen molar-refractivity contribution in [1.29, 1.82) is 0 Å². The Morgan fingerprint density at radius 3 is 2.55 bits per heavy atom. The number of hydrogen-bond acceptors (Lipinski definition) is 1. The van der Waals surface area contributed by atoms with E-state index in [4.69, 9.17) is 0 Å². The van der Waals surface area contributed by atoms with Crippen LogP contribution in [0.3, 0.4) is 0 Å². The van der Waals surface area contributed by atoms with Gasteiger partial charge in [-0.1, -0.05) is 0 Å². The molecule has 0 aliphatic heterocycles. The minimum Gasteiger partial charge on any atom is -0.252 e. The minimum atomic E-state index is -2.84. The van der Waals surface area contributed by atoms with Crippen LogP contribution in [0.4, 0.5) is 13.2 Å². The average Bonchev–Trinajstić information content (AvgIpc) is 1.94. The Labute approximate surface area is 61.9 Å². The molecule has 0 aliphatic carbocycles. The van der Waals surface area contributed by atoms with E-state index >= 15 is 0 Å². The fraction of sp³-hybridized carbons (Fsp3) is 0.286. The Morgan fingerprint density at radius 2 is 2.09 bits per heavy atom. The zero-order valence-electron chi connectivity index (χ0n) is 5.81. The fourth-order valence-electron chi connectivity index (χ4n) is 0.713. The molecule has 0 aliphatic rings. The number of hydrogen-bond donors (Lipinski definition) is 0. The van der Waals surface area contributed by atoms with E-state index in [1.165, 1.54) is 19.2 Å². The summed E-state index contributed by atoms with van der Waals surface area (Å²) in [6, 6.07) is 1.35. The molecule has 0 fully saturated rings. The number of pyridine rings is 1. The van der Waals surface area contributed by atoms with Crippen LogP contribution in [0.2, 0.25) is 0 Å². The first kappa shape index (κ1) is 8.04. The molecule has 0 aromatic carbocycles. The van der Waals surface area contributed by atoms with Crippen molar-refractivity contribution in [1.82, 2.24) is 4.98 Å². The predicted octanol–water partition coefficient (Wildman–Crippen LogP) is 2.47. The number of rotatable bonds is 1. The lowest BCUT2D eigenvalue weighted by atomic mass is 10.2. The van der Waals surface area contributed by atoms with Gasteiger partial charge in [-0.2, -0.15) is 0 Å². The van der Waals surface area contributed by atoms with Crippen molar-refractivity contribution >= 4 is 0 Å². The summed E-state index contributed by atoms with van der Waals surface area (Å²) < 4.78 is 36.5. The molecule has 11 heavy (non-hydrogen) atoms. The van der Waals surface area contributed by atoms with Crippen LogP contribution in [0.1, 0.15) is 17.7 Å². The molecule has 0 radical (unpaired) electrons. The van der Waals surface area contributed by atoms with Crippen LogP contribution in [0.25, 0.3) is 0 Å². The third kappa shape index (κ3) is 1.50. The van der Waals surface area contributed by atoms with Crippen molar-refractivity contribution in [2.75, 3.05) is 0 Å². The van der Waals surface area contributed by atoms with Crippen molar-refractivity contribution in [3.63, 3.8) is 0 Å². The third-order valence-corrected chi connectivity index (χ3v) is 1.32. The average molecular weight is 161 g/mol. The summed E-state index contributed by atoms with van der Waals surface area (Å²) in [5, 5.41) is 0. The second kappa shape index (κ2) is 2.90. The SMILES string of the molecule is Cc1ccnc(C(F)F)c1F. The highest BCUT2D eigenvalue weighted by Crippen LogP contribution is 2.20. The van der Waals surface area contributed by atoms with Crippen molar-refractivity contribution in [2.24, 2.45) is 0 Å². The van der Waals surface area contributed by atoms with Gasteiger partial charge in [-0.25, -0.2) is 13.2 Å². The number of halogens is 3. The van der Waals surface area contributed by atoms with E-state index in [9.17, 15) is 13.2 Å². The van der Waals surface area contributed by atoms with Crippen LogP contribution in [0.5, 0.6) is 0 Å². The van der Waals surface area contributed by atoms with E-state index in [1.54, 1.807) is 0 Å². The molecule has 0 unspecified atom stereocenters.